The standard InChI is InChI=1S/C6H9Cl/c1-6(2)4-3-5(6)7/h3H,4H2,1-2H3. The smallest absolute Gasteiger partial charge is 0.0200 e. The molecule has 1 aliphatic rings. The van der Waals surface area contributed by atoms with Crippen LogP contribution >= 0.6 is 11.6 Å². The minimum atomic E-state index is 0.307. The second kappa shape index (κ2) is 1.25. The third-order valence-electron chi connectivity index (χ3n) is 1.44. The zero-order chi connectivity index (χ0) is 5.49. The van der Waals surface area contributed by atoms with Gasteiger partial charge in [0, 0.05) is 10.4 Å². The van der Waals surface area contributed by atoms with Crippen molar-refractivity contribution < 1.29 is 0 Å². The highest BCUT2D eigenvalue weighted by atomic mass is 35.5. The fraction of sp³-hybridized carbons (Fsp3) is 0.667. The summed E-state index contributed by atoms with van der Waals surface area (Å²) in [5, 5.41) is 1.02. The molecule has 1 aliphatic carbocycles. The number of hydrogen-bond donors (Lipinski definition) is 0. The Morgan fingerprint density at radius 2 is 2.14 bits per heavy atom. The van der Waals surface area contributed by atoms with Gasteiger partial charge in [0.15, 0.2) is 0 Å². The molecule has 0 nitrogen and oxygen atoms in total. The molecule has 0 aromatic carbocycles. The van der Waals surface area contributed by atoms with Crippen LogP contribution in [0.2, 0.25) is 0 Å². The van der Waals surface area contributed by atoms with Crippen LogP contribution in [-0.4, -0.2) is 0 Å². The Morgan fingerprint density at radius 3 is 2.14 bits per heavy atom. The van der Waals surface area contributed by atoms with Gasteiger partial charge in [0.2, 0.25) is 0 Å². The lowest BCUT2D eigenvalue weighted by molar-refractivity contribution is 0.428. The number of rotatable bonds is 0. The summed E-state index contributed by atoms with van der Waals surface area (Å²) >= 11 is 5.70. The van der Waals surface area contributed by atoms with Crippen molar-refractivity contribution in [2.45, 2.75) is 20.3 Å². The summed E-state index contributed by atoms with van der Waals surface area (Å²) in [6.45, 7) is 4.30. The van der Waals surface area contributed by atoms with E-state index in [4.69, 9.17) is 11.6 Å². The largest absolute Gasteiger partial charge is 0.0889 e. The zero-order valence-corrected chi connectivity index (χ0v) is 5.42. The first-order valence-electron chi connectivity index (χ1n) is 2.49. The fourth-order valence-electron chi connectivity index (χ4n) is 0.587. The van der Waals surface area contributed by atoms with Gasteiger partial charge in [-0.1, -0.05) is 31.5 Å². The number of halogens is 1. The lowest BCUT2D eigenvalue weighted by Gasteiger charge is -2.30. The molecule has 40 valence electrons. The summed E-state index contributed by atoms with van der Waals surface area (Å²) in [7, 11) is 0. The normalized spacial score (nSPS) is 25.9. The van der Waals surface area contributed by atoms with E-state index in [1.54, 1.807) is 0 Å². The SMILES string of the molecule is CC1(C)CC=C1Cl. The molecule has 0 saturated heterocycles. The van der Waals surface area contributed by atoms with Gasteiger partial charge >= 0.3 is 0 Å². The molecule has 0 heterocycles. The van der Waals surface area contributed by atoms with E-state index in [0.29, 0.717) is 5.41 Å². The van der Waals surface area contributed by atoms with Crippen LogP contribution < -0.4 is 0 Å². The molecule has 0 atom stereocenters. The molecular formula is C6H9Cl. The molecule has 0 radical (unpaired) electrons. The van der Waals surface area contributed by atoms with Gasteiger partial charge in [-0.25, -0.2) is 0 Å². The van der Waals surface area contributed by atoms with Gasteiger partial charge in [0.1, 0.15) is 0 Å². The van der Waals surface area contributed by atoms with Gasteiger partial charge in [0.25, 0.3) is 0 Å². The van der Waals surface area contributed by atoms with Crippen molar-refractivity contribution in [1.29, 1.82) is 0 Å². The Kier molecular flexibility index (Phi) is 0.927. The average Bonchev–Trinajstić information content (AvgIpc) is 1.63. The third-order valence-corrected chi connectivity index (χ3v) is 2.10. The Hall–Kier alpha value is 0.0300. The van der Waals surface area contributed by atoms with Crippen molar-refractivity contribution in [3.63, 3.8) is 0 Å². The van der Waals surface area contributed by atoms with E-state index in [1.807, 2.05) is 0 Å². The Labute approximate surface area is 49.2 Å². The van der Waals surface area contributed by atoms with Gasteiger partial charge < -0.3 is 0 Å². The maximum absolute atomic E-state index is 5.70. The predicted octanol–water partition coefficient (Wildman–Crippen LogP) is 2.54. The van der Waals surface area contributed by atoms with Gasteiger partial charge in [-0.2, -0.15) is 0 Å². The topological polar surface area (TPSA) is 0 Å². The van der Waals surface area contributed by atoms with Gasteiger partial charge in [-0.05, 0) is 6.42 Å². The van der Waals surface area contributed by atoms with Crippen molar-refractivity contribution in [2.75, 3.05) is 0 Å². The Bertz CT molecular complexity index is 111. The summed E-state index contributed by atoms with van der Waals surface area (Å²) in [5.74, 6) is 0. The van der Waals surface area contributed by atoms with Crippen LogP contribution in [0.15, 0.2) is 11.1 Å². The Morgan fingerprint density at radius 1 is 1.71 bits per heavy atom. The summed E-state index contributed by atoms with van der Waals surface area (Å²) in [6, 6.07) is 0. The third kappa shape index (κ3) is 0.677. The van der Waals surface area contributed by atoms with E-state index in [0.717, 1.165) is 11.5 Å². The highest BCUT2D eigenvalue weighted by molar-refractivity contribution is 6.31. The molecule has 0 unspecified atom stereocenters. The first-order chi connectivity index (χ1) is 3.13. The number of hydrogen-bond acceptors (Lipinski definition) is 0. The molecule has 0 bridgehead atoms. The van der Waals surface area contributed by atoms with Crippen molar-refractivity contribution in [3.8, 4) is 0 Å². The summed E-state index contributed by atoms with van der Waals surface area (Å²) in [5.41, 5.74) is 0.307. The molecule has 0 amide bonds. The second-order valence-corrected chi connectivity index (χ2v) is 3.05. The second-order valence-electron chi connectivity index (χ2n) is 2.64. The minimum absolute atomic E-state index is 0.307. The van der Waals surface area contributed by atoms with E-state index < -0.39 is 0 Å². The lowest BCUT2D eigenvalue weighted by Crippen LogP contribution is -2.17. The minimum Gasteiger partial charge on any atom is -0.0889 e. The zero-order valence-electron chi connectivity index (χ0n) is 4.66. The first kappa shape index (κ1) is 5.17. The monoisotopic (exact) mass is 116 g/mol. The molecule has 0 saturated carbocycles. The maximum Gasteiger partial charge on any atom is 0.0200 e. The molecule has 0 aromatic rings. The van der Waals surface area contributed by atoms with Crippen LogP contribution in [0.25, 0.3) is 0 Å². The molecule has 0 fully saturated rings. The van der Waals surface area contributed by atoms with E-state index in [1.165, 1.54) is 0 Å². The molecular weight excluding hydrogens is 108 g/mol. The quantitative estimate of drug-likeness (QED) is 0.456. The van der Waals surface area contributed by atoms with E-state index in [9.17, 15) is 0 Å². The van der Waals surface area contributed by atoms with Crippen LogP contribution in [0.4, 0.5) is 0 Å². The maximum atomic E-state index is 5.70. The van der Waals surface area contributed by atoms with Crippen molar-refractivity contribution in [3.05, 3.63) is 11.1 Å². The highest BCUT2D eigenvalue weighted by Gasteiger charge is 2.27. The predicted molar refractivity (Wildman–Crippen MR) is 32.3 cm³/mol. The van der Waals surface area contributed by atoms with Crippen molar-refractivity contribution in [1.82, 2.24) is 0 Å². The highest BCUT2D eigenvalue weighted by Crippen LogP contribution is 2.41. The fourth-order valence-corrected chi connectivity index (χ4v) is 0.742. The molecule has 0 aliphatic heterocycles. The molecule has 1 rings (SSSR count). The van der Waals surface area contributed by atoms with Crippen molar-refractivity contribution >= 4 is 11.6 Å². The Balaban J connectivity index is 2.68. The number of allylic oxidation sites excluding steroid dienone is 2. The summed E-state index contributed by atoms with van der Waals surface area (Å²) in [4.78, 5) is 0. The van der Waals surface area contributed by atoms with E-state index in [2.05, 4.69) is 19.9 Å². The summed E-state index contributed by atoms with van der Waals surface area (Å²) in [6.07, 6.45) is 3.20. The van der Waals surface area contributed by atoms with E-state index in [-0.39, 0.29) is 0 Å². The molecule has 7 heavy (non-hydrogen) atoms. The van der Waals surface area contributed by atoms with E-state index >= 15 is 0 Å². The first-order valence-corrected chi connectivity index (χ1v) is 2.87. The molecule has 0 spiro atoms. The van der Waals surface area contributed by atoms with Crippen LogP contribution in [-0.2, 0) is 0 Å². The lowest BCUT2D eigenvalue weighted by atomic mass is 9.80. The molecule has 0 N–H and O–H groups in total. The molecule has 0 aromatic heterocycles. The van der Waals surface area contributed by atoms with Gasteiger partial charge in [-0.15, -0.1) is 0 Å². The average molecular weight is 117 g/mol. The van der Waals surface area contributed by atoms with Gasteiger partial charge in [0.05, 0.1) is 0 Å². The van der Waals surface area contributed by atoms with Crippen molar-refractivity contribution in [2.24, 2.45) is 5.41 Å². The van der Waals surface area contributed by atoms with Gasteiger partial charge in [-0.3, -0.25) is 0 Å². The van der Waals surface area contributed by atoms with Crippen LogP contribution in [0.1, 0.15) is 20.3 Å². The van der Waals surface area contributed by atoms with Crippen LogP contribution in [0, 0.1) is 5.41 Å². The van der Waals surface area contributed by atoms with Crippen LogP contribution in [0.3, 0.4) is 0 Å². The molecule has 1 heteroatoms. The summed E-state index contributed by atoms with van der Waals surface area (Å²) < 4.78 is 0. The van der Waals surface area contributed by atoms with Crippen LogP contribution in [0.5, 0.6) is 0 Å².